The maximum atomic E-state index is 15.2. The summed E-state index contributed by atoms with van der Waals surface area (Å²) in [5.74, 6) is -0.494. The third-order valence-electron chi connectivity index (χ3n) is 13.3. The standard InChI is InChI=1S/C45H57ClFN7O7S/c1-44(2)15-14-31(36(26-44)30-6-8-32(46)9-7-30)28-52-18-20-53(21-19-52)33-10-12-35(42(24-33)61-41-5-3-4-38-37(41)27-49-50-38)43(55)51-62(58,59)34-11-13-39(40(25-34)54(56)57)48-29-45(47)16-22-60-23-17-45/h6-13,24-25,37-38,41,48-50H,3-5,14-23,26-29H2,1-2H3,(H,51,55). The van der Waals surface area contributed by atoms with Crippen LogP contribution in [0.15, 0.2) is 71.1 Å². The molecule has 3 saturated heterocycles. The molecule has 14 nitrogen and oxygen atoms in total. The normalized spacial score (nSPS) is 24.0. The molecule has 0 spiro atoms. The summed E-state index contributed by atoms with van der Waals surface area (Å²) < 4.78 is 56.7. The molecule has 0 bridgehead atoms. The van der Waals surface area contributed by atoms with Crippen molar-refractivity contribution in [1.82, 2.24) is 20.5 Å². The number of nitro benzene ring substituents is 1. The number of amides is 1. The van der Waals surface area contributed by atoms with Gasteiger partial charge in [-0.05, 0) is 91.5 Å². The second-order valence-corrected chi connectivity index (χ2v) is 20.4. The van der Waals surface area contributed by atoms with E-state index in [1.807, 2.05) is 24.3 Å². The molecule has 17 heteroatoms. The summed E-state index contributed by atoms with van der Waals surface area (Å²) in [7, 11) is -4.59. The number of carbonyl (C=O) groups is 1. The zero-order valence-corrected chi connectivity index (χ0v) is 37.0. The number of piperazine rings is 1. The minimum Gasteiger partial charge on any atom is -0.489 e. The molecular formula is C45H57ClFN7O7S. The van der Waals surface area contributed by atoms with Crippen molar-refractivity contribution < 1.29 is 32.0 Å². The average Bonchev–Trinajstić information content (AvgIpc) is 3.74. The summed E-state index contributed by atoms with van der Waals surface area (Å²) in [6.07, 6.45) is 5.96. The summed E-state index contributed by atoms with van der Waals surface area (Å²) in [6, 6.07) is 16.9. The monoisotopic (exact) mass is 893 g/mol. The highest BCUT2D eigenvalue weighted by molar-refractivity contribution is 7.90. The van der Waals surface area contributed by atoms with E-state index in [0.717, 1.165) is 94.1 Å². The highest BCUT2D eigenvalue weighted by atomic mass is 35.5. The van der Waals surface area contributed by atoms with Gasteiger partial charge in [-0.3, -0.25) is 30.7 Å². The van der Waals surface area contributed by atoms with E-state index in [1.165, 1.54) is 22.8 Å². The van der Waals surface area contributed by atoms with E-state index in [9.17, 15) is 23.3 Å². The lowest BCUT2D eigenvalue weighted by Gasteiger charge is -2.39. The summed E-state index contributed by atoms with van der Waals surface area (Å²) in [4.78, 5) is 29.6. The largest absolute Gasteiger partial charge is 0.489 e. The number of nitrogens with zero attached hydrogens (tertiary/aromatic N) is 3. The topological polar surface area (TPSA) is 167 Å². The number of hydrogen-bond donors (Lipinski definition) is 4. The molecule has 3 aromatic carbocycles. The number of nitro groups is 1. The van der Waals surface area contributed by atoms with E-state index >= 15 is 4.39 Å². The van der Waals surface area contributed by atoms with Gasteiger partial charge in [-0.25, -0.2) is 17.5 Å². The van der Waals surface area contributed by atoms with Gasteiger partial charge in [0, 0.05) is 107 Å². The molecule has 3 heterocycles. The van der Waals surface area contributed by atoms with E-state index in [2.05, 4.69) is 56.7 Å². The van der Waals surface area contributed by atoms with Gasteiger partial charge in [0.05, 0.1) is 15.4 Å². The van der Waals surface area contributed by atoms with E-state index < -0.39 is 37.1 Å². The molecule has 4 fully saturated rings. The van der Waals surface area contributed by atoms with Crippen LogP contribution in [0.5, 0.6) is 5.75 Å². The molecule has 0 radical (unpaired) electrons. The van der Waals surface area contributed by atoms with Crippen molar-refractivity contribution in [3.63, 3.8) is 0 Å². The molecule has 1 amide bonds. The summed E-state index contributed by atoms with van der Waals surface area (Å²) in [6.45, 7) is 9.73. The number of benzene rings is 3. The molecule has 334 valence electrons. The summed E-state index contributed by atoms with van der Waals surface area (Å²) in [5, 5.41) is 15.6. The Morgan fingerprint density at radius 3 is 2.53 bits per heavy atom. The number of carbonyl (C=O) groups excluding carboxylic acids is 1. The molecule has 2 aliphatic carbocycles. The number of anilines is 2. The van der Waals surface area contributed by atoms with Crippen LogP contribution in [0.25, 0.3) is 5.57 Å². The van der Waals surface area contributed by atoms with E-state index in [4.69, 9.17) is 21.1 Å². The number of hydrogen-bond acceptors (Lipinski definition) is 12. The average molecular weight is 895 g/mol. The van der Waals surface area contributed by atoms with Crippen LogP contribution >= 0.6 is 11.6 Å². The highest BCUT2D eigenvalue weighted by Gasteiger charge is 2.39. The van der Waals surface area contributed by atoms with E-state index in [1.54, 1.807) is 6.07 Å². The molecular weight excluding hydrogens is 837 g/mol. The Hall–Kier alpha value is -4.32. The summed E-state index contributed by atoms with van der Waals surface area (Å²) in [5.41, 5.74) is 9.62. The van der Waals surface area contributed by atoms with Crippen molar-refractivity contribution in [2.45, 2.75) is 87.9 Å². The molecule has 3 atom stereocenters. The number of nitrogens with one attached hydrogen (secondary N) is 4. The SMILES string of the molecule is CC1(C)CCC(CN2CCN(c3ccc(C(=O)NS(=O)(=O)c4ccc(NCC5(F)CCOCC5)c([N+](=O)[O-])c4)c(OC4CCCC5NNCC54)c3)CC2)=C(c2ccc(Cl)cc2)C1. The zero-order chi connectivity index (χ0) is 43.6. The van der Waals surface area contributed by atoms with Gasteiger partial charge in [0.1, 0.15) is 23.2 Å². The van der Waals surface area contributed by atoms with Gasteiger partial charge in [-0.2, -0.15) is 0 Å². The Balaban J connectivity index is 0.993. The van der Waals surface area contributed by atoms with Crippen LogP contribution in [-0.4, -0.2) is 101 Å². The van der Waals surface area contributed by atoms with Crippen LogP contribution in [0.4, 0.5) is 21.5 Å². The van der Waals surface area contributed by atoms with Gasteiger partial charge in [-0.15, -0.1) is 0 Å². The number of allylic oxidation sites excluding steroid dienone is 1. The molecule has 3 aliphatic heterocycles. The molecule has 1 saturated carbocycles. The molecule has 62 heavy (non-hydrogen) atoms. The van der Waals surface area contributed by atoms with Crippen molar-refractivity contribution in [1.29, 1.82) is 0 Å². The number of hydrazine groups is 1. The number of ether oxygens (including phenoxy) is 2. The lowest BCUT2D eigenvalue weighted by atomic mass is 9.72. The first-order valence-electron chi connectivity index (χ1n) is 21.7. The molecule has 3 aromatic rings. The van der Waals surface area contributed by atoms with Crippen LogP contribution in [-0.2, 0) is 14.8 Å². The molecule has 3 unspecified atom stereocenters. The first kappa shape index (κ1) is 44.3. The fourth-order valence-electron chi connectivity index (χ4n) is 9.57. The van der Waals surface area contributed by atoms with E-state index in [-0.39, 0.29) is 73.1 Å². The Morgan fingerprint density at radius 2 is 1.79 bits per heavy atom. The van der Waals surface area contributed by atoms with Gasteiger partial charge in [0.25, 0.3) is 21.6 Å². The molecule has 0 aromatic heterocycles. The zero-order valence-electron chi connectivity index (χ0n) is 35.4. The maximum absolute atomic E-state index is 15.2. The van der Waals surface area contributed by atoms with Crippen molar-refractivity contribution in [3.05, 3.63) is 92.5 Å². The Bertz CT molecular complexity index is 2280. The van der Waals surface area contributed by atoms with Crippen LogP contribution < -0.4 is 30.5 Å². The molecule has 5 aliphatic rings. The fraction of sp³-hybridized carbons (Fsp3) is 0.533. The minimum absolute atomic E-state index is 0.0321. The van der Waals surface area contributed by atoms with Crippen molar-refractivity contribution in [3.8, 4) is 5.75 Å². The van der Waals surface area contributed by atoms with Crippen molar-refractivity contribution in [2.24, 2.45) is 11.3 Å². The number of sulfonamides is 1. The van der Waals surface area contributed by atoms with Gasteiger partial charge >= 0.3 is 0 Å². The van der Waals surface area contributed by atoms with Gasteiger partial charge < -0.3 is 19.7 Å². The summed E-state index contributed by atoms with van der Waals surface area (Å²) >= 11 is 6.25. The number of alkyl halides is 1. The third kappa shape index (κ3) is 10.2. The number of rotatable bonds is 13. The molecule has 8 rings (SSSR count). The first-order chi connectivity index (χ1) is 29.7. The van der Waals surface area contributed by atoms with Crippen LogP contribution in [0.3, 0.4) is 0 Å². The Kier molecular flexibility index (Phi) is 13.2. The highest BCUT2D eigenvalue weighted by Crippen LogP contribution is 2.44. The predicted molar refractivity (Wildman–Crippen MR) is 238 cm³/mol. The third-order valence-corrected chi connectivity index (χ3v) is 14.9. The predicted octanol–water partition coefficient (Wildman–Crippen LogP) is 7.11. The van der Waals surface area contributed by atoms with Gasteiger partial charge in [0.15, 0.2) is 0 Å². The van der Waals surface area contributed by atoms with Crippen LogP contribution in [0.2, 0.25) is 5.02 Å². The van der Waals surface area contributed by atoms with E-state index in [0.29, 0.717) is 6.54 Å². The van der Waals surface area contributed by atoms with Gasteiger partial charge in [-0.1, -0.05) is 43.2 Å². The minimum atomic E-state index is -4.59. The quantitative estimate of drug-likeness (QED) is 0.102. The van der Waals surface area contributed by atoms with Crippen molar-refractivity contribution >= 4 is 50.2 Å². The Morgan fingerprint density at radius 1 is 1.03 bits per heavy atom. The second kappa shape index (κ2) is 18.4. The van der Waals surface area contributed by atoms with Crippen LogP contribution in [0, 0.1) is 21.4 Å². The van der Waals surface area contributed by atoms with Crippen molar-refractivity contribution in [2.75, 3.05) is 69.2 Å². The lowest BCUT2D eigenvalue weighted by Crippen LogP contribution is -2.47. The lowest BCUT2D eigenvalue weighted by molar-refractivity contribution is -0.384. The maximum Gasteiger partial charge on any atom is 0.293 e. The van der Waals surface area contributed by atoms with Gasteiger partial charge in [0.2, 0.25) is 0 Å². The second-order valence-electron chi connectivity index (χ2n) is 18.2. The number of fused-ring (bicyclic) bond motifs is 1. The smallest absolute Gasteiger partial charge is 0.293 e. The fourth-order valence-corrected chi connectivity index (χ4v) is 10.7. The molecule has 4 N–H and O–H groups in total. The number of halogens is 2. The first-order valence-corrected chi connectivity index (χ1v) is 23.6. The Labute approximate surface area is 368 Å². The van der Waals surface area contributed by atoms with Crippen LogP contribution in [0.1, 0.15) is 81.1 Å².